The van der Waals surface area contributed by atoms with E-state index >= 15 is 0 Å². The smallest absolute Gasteiger partial charge is 0.309 e. The SMILES string of the molecule is COC(=O)Cc1ccc(CNC(=O)[C@@H]2CCCN2C(=O)C[C@H](N)Cc2ccc(F)c(F)c2)cc1. The van der Waals surface area contributed by atoms with Crippen LogP contribution in [0.15, 0.2) is 42.5 Å². The lowest BCUT2D eigenvalue weighted by Crippen LogP contribution is -2.47. The number of carbonyl (C=O) groups excluding carboxylic acids is 3. The van der Waals surface area contributed by atoms with E-state index in [2.05, 4.69) is 10.1 Å². The van der Waals surface area contributed by atoms with Gasteiger partial charge in [0, 0.05) is 25.6 Å². The van der Waals surface area contributed by atoms with Gasteiger partial charge in [-0.3, -0.25) is 14.4 Å². The summed E-state index contributed by atoms with van der Waals surface area (Å²) in [6.45, 7) is 0.766. The Labute approximate surface area is 197 Å². The zero-order chi connectivity index (χ0) is 24.7. The Morgan fingerprint density at radius 2 is 1.76 bits per heavy atom. The molecular formula is C25H29F2N3O4. The molecule has 0 radical (unpaired) electrons. The van der Waals surface area contributed by atoms with Crippen molar-refractivity contribution < 1.29 is 27.9 Å². The Bertz CT molecular complexity index is 1030. The topological polar surface area (TPSA) is 102 Å². The average molecular weight is 474 g/mol. The summed E-state index contributed by atoms with van der Waals surface area (Å²) < 4.78 is 31.1. The number of nitrogens with one attached hydrogen (secondary N) is 1. The number of carbonyl (C=O) groups is 3. The Morgan fingerprint density at radius 1 is 1.09 bits per heavy atom. The van der Waals surface area contributed by atoms with Crippen LogP contribution in [0.3, 0.4) is 0 Å². The average Bonchev–Trinajstić information content (AvgIpc) is 3.31. The zero-order valence-electron chi connectivity index (χ0n) is 19.1. The van der Waals surface area contributed by atoms with Crippen LogP contribution in [-0.4, -0.2) is 48.4 Å². The highest BCUT2D eigenvalue weighted by Gasteiger charge is 2.34. The number of nitrogens with two attached hydrogens (primary N) is 1. The largest absolute Gasteiger partial charge is 0.469 e. The predicted molar refractivity (Wildman–Crippen MR) is 121 cm³/mol. The van der Waals surface area contributed by atoms with E-state index in [1.54, 1.807) is 17.0 Å². The van der Waals surface area contributed by atoms with Gasteiger partial charge in [-0.1, -0.05) is 30.3 Å². The summed E-state index contributed by atoms with van der Waals surface area (Å²) in [6, 6.07) is 9.67. The Balaban J connectivity index is 1.50. The van der Waals surface area contributed by atoms with Crippen molar-refractivity contribution in [3.8, 4) is 0 Å². The Morgan fingerprint density at radius 3 is 2.44 bits per heavy atom. The standard InChI is InChI=1S/C25H29F2N3O4/c1-34-24(32)13-16-4-6-17(7-5-16)15-29-25(33)22-3-2-10-30(22)23(31)14-19(28)11-18-8-9-20(26)21(27)12-18/h4-9,12,19,22H,2-3,10-11,13-15,28H2,1H3,(H,29,33)/t19-,22+/m1/s1. The van der Waals surface area contributed by atoms with E-state index in [1.165, 1.54) is 13.2 Å². The maximum Gasteiger partial charge on any atom is 0.309 e. The van der Waals surface area contributed by atoms with Crippen LogP contribution in [-0.2, 0) is 38.5 Å². The minimum atomic E-state index is -0.953. The molecule has 182 valence electrons. The second-order valence-corrected chi connectivity index (χ2v) is 8.45. The summed E-state index contributed by atoms with van der Waals surface area (Å²) in [5.74, 6) is -2.68. The van der Waals surface area contributed by atoms with Gasteiger partial charge < -0.3 is 20.7 Å². The first-order valence-corrected chi connectivity index (χ1v) is 11.2. The first kappa shape index (κ1) is 25.3. The van der Waals surface area contributed by atoms with Gasteiger partial charge in [0.05, 0.1) is 13.5 Å². The predicted octanol–water partition coefficient (Wildman–Crippen LogP) is 2.25. The number of halogens is 2. The van der Waals surface area contributed by atoms with E-state index in [1.807, 2.05) is 12.1 Å². The minimum absolute atomic E-state index is 0.00440. The van der Waals surface area contributed by atoms with E-state index in [0.29, 0.717) is 31.5 Å². The second-order valence-electron chi connectivity index (χ2n) is 8.45. The van der Waals surface area contributed by atoms with E-state index in [4.69, 9.17) is 5.73 Å². The summed E-state index contributed by atoms with van der Waals surface area (Å²) >= 11 is 0. The molecule has 2 aromatic rings. The van der Waals surface area contributed by atoms with Crippen molar-refractivity contribution in [2.24, 2.45) is 5.73 Å². The van der Waals surface area contributed by atoms with Crippen LogP contribution in [0.2, 0.25) is 0 Å². The normalized spacial score (nSPS) is 16.2. The molecule has 9 heteroatoms. The van der Waals surface area contributed by atoms with Crippen molar-refractivity contribution in [3.05, 3.63) is 70.8 Å². The first-order chi connectivity index (χ1) is 16.3. The molecule has 0 unspecified atom stereocenters. The first-order valence-electron chi connectivity index (χ1n) is 11.2. The molecule has 1 fully saturated rings. The number of nitrogens with zero attached hydrogens (tertiary/aromatic N) is 1. The molecule has 1 aliphatic rings. The number of methoxy groups -OCH3 is 1. The van der Waals surface area contributed by atoms with Gasteiger partial charge >= 0.3 is 5.97 Å². The van der Waals surface area contributed by atoms with Crippen LogP contribution in [0.5, 0.6) is 0 Å². The second kappa shape index (κ2) is 11.7. The van der Waals surface area contributed by atoms with E-state index in [9.17, 15) is 23.2 Å². The van der Waals surface area contributed by atoms with Crippen LogP contribution in [0, 0.1) is 11.6 Å². The molecule has 0 aromatic heterocycles. The lowest BCUT2D eigenvalue weighted by molar-refractivity contribution is -0.139. The van der Waals surface area contributed by atoms with Gasteiger partial charge in [-0.25, -0.2) is 8.78 Å². The Hall–Kier alpha value is -3.33. The molecule has 1 saturated heterocycles. The molecule has 2 aromatic carbocycles. The maximum atomic E-state index is 13.4. The van der Waals surface area contributed by atoms with Crippen molar-refractivity contribution in [1.82, 2.24) is 10.2 Å². The monoisotopic (exact) mass is 473 g/mol. The number of rotatable bonds is 9. The van der Waals surface area contributed by atoms with E-state index in [-0.39, 0.29) is 37.0 Å². The molecular weight excluding hydrogens is 444 g/mol. The van der Waals surface area contributed by atoms with Crippen LogP contribution in [0.25, 0.3) is 0 Å². The minimum Gasteiger partial charge on any atom is -0.469 e. The quantitative estimate of drug-likeness (QED) is 0.544. The van der Waals surface area contributed by atoms with E-state index in [0.717, 1.165) is 23.3 Å². The highest BCUT2D eigenvalue weighted by atomic mass is 19.2. The lowest BCUT2D eigenvalue weighted by Gasteiger charge is -2.25. The van der Waals surface area contributed by atoms with Gasteiger partial charge in [0.2, 0.25) is 11.8 Å². The van der Waals surface area contributed by atoms with Crippen LogP contribution in [0.1, 0.15) is 36.0 Å². The van der Waals surface area contributed by atoms with Crippen LogP contribution >= 0.6 is 0 Å². The number of hydrogen-bond donors (Lipinski definition) is 2. The summed E-state index contributed by atoms with van der Waals surface area (Å²) in [7, 11) is 1.34. The summed E-state index contributed by atoms with van der Waals surface area (Å²) in [5.41, 5.74) is 8.26. The summed E-state index contributed by atoms with van der Waals surface area (Å²) in [6.07, 6.45) is 1.68. The van der Waals surface area contributed by atoms with Gasteiger partial charge in [0.15, 0.2) is 11.6 Å². The summed E-state index contributed by atoms with van der Waals surface area (Å²) in [4.78, 5) is 38.4. The van der Waals surface area contributed by atoms with Gasteiger partial charge in [0.25, 0.3) is 0 Å². The molecule has 34 heavy (non-hydrogen) atoms. The number of ether oxygens (including phenoxy) is 1. The molecule has 1 heterocycles. The molecule has 3 N–H and O–H groups in total. The van der Waals surface area contributed by atoms with Crippen molar-refractivity contribution in [2.75, 3.05) is 13.7 Å². The Kier molecular flexibility index (Phi) is 8.70. The molecule has 0 spiro atoms. The van der Waals surface area contributed by atoms with Gasteiger partial charge in [0.1, 0.15) is 6.04 Å². The van der Waals surface area contributed by atoms with Crippen molar-refractivity contribution in [2.45, 2.75) is 50.7 Å². The van der Waals surface area contributed by atoms with Crippen molar-refractivity contribution >= 4 is 17.8 Å². The van der Waals surface area contributed by atoms with Crippen molar-refractivity contribution in [3.63, 3.8) is 0 Å². The molecule has 2 amide bonds. The lowest BCUT2D eigenvalue weighted by atomic mass is 10.0. The number of hydrogen-bond acceptors (Lipinski definition) is 5. The molecule has 7 nitrogen and oxygen atoms in total. The molecule has 0 saturated carbocycles. The van der Waals surface area contributed by atoms with Gasteiger partial charge in [-0.05, 0) is 48.1 Å². The zero-order valence-corrected chi connectivity index (χ0v) is 19.1. The molecule has 3 rings (SSSR count). The number of esters is 1. The highest BCUT2D eigenvalue weighted by molar-refractivity contribution is 5.88. The maximum absolute atomic E-state index is 13.4. The fourth-order valence-electron chi connectivity index (χ4n) is 4.04. The third kappa shape index (κ3) is 6.84. The highest BCUT2D eigenvalue weighted by Crippen LogP contribution is 2.20. The third-order valence-electron chi connectivity index (χ3n) is 5.86. The van der Waals surface area contributed by atoms with Crippen LogP contribution < -0.4 is 11.1 Å². The van der Waals surface area contributed by atoms with Gasteiger partial charge in [-0.15, -0.1) is 0 Å². The third-order valence-corrected chi connectivity index (χ3v) is 5.86. The fourth-order valence-corrected chi connectivity index (χ4v) is 4.04. The van der Waals surface area contributed by atoms with Crippen molar-refractivity contribution in [1.29, 1.82) is 0 Å². The molecule has 0 bridgehead atoms. The number of benzene rings is 2. The molecule has 1 aliphatic heterocycles. The number of amides is 2. The van der Waals surface area contributed by atoms with Gasteiger partial charge in [-0.2, -0.15) is 0 Å². The molecule has 2 atom stereocenters. The van der Waals surface area contributed by atoms with Crippen LogP contribution in [0.4, 0.5) is 8.78 Å². The number of likely N-dealkylation sites (tertiary alicyclic amines) is 1. The fraction of sp³-hybridized carbons (Fsp3) is 0.400. The summed E-state index contributed by atoms with van der Waals surface area (Å²) in [5, 5.41) is 2.87. The van der Waals surface area contributed by atoms with E-state index < -0.39 is 23.7 Å². The molecule has 0 aliphatic carbocycles.